The number of benzene rings is 1. The molecule has 190 valence electrons. The Morgan fingerprint density at radius 1 is 1.23 bits per heavy atom. The van der Waals surface area contributed by atoms with Crippen LogP contribution in [0.3, 0.4) is 0 Å². The molecule has 7 nitrogen and oxygen atoms in total. The highest BCUT2D eigenvalue weighted by atomic mass is 32.2. The Balaban J connectivity index is 1.72. The number of halogens is 6. The van der Waals surface area contributed by atoms with Gasteiger partial charge in [-0.2, -0.15) is 0 Å². The predicted molar refractivity (Wildman–Crippen MR) is 113 cm³/mol. The molecule has 0 spiro atoms. The van der Waals surface area contributed by atoms with Crippen molar-refractivity contribution >= 4 is 15.9 Å². The number of sulfonamides is 1. The highest BCUT2D eigenvalue weighted by molar-refractivity contribution is 7.88. The number of nitrogens with one attached hydrogen (secondary N) is 1. The van der Waals surface area contributed by atoms with Gasteiger partial charge in [-0.05, 0) is 30.7 Å². The van der Waals surface area contributed by atoms with Crippen molar-refractivity contribution in [2.75, 3.05) is 19.3 Å². The highest BCUT2D eigenvalue weighted by Gasteiger charge is 2.57. The lowest BCUT2D eigenvalue weighted by atomic mass is 9.88. The molecule has 0 radical (unpaired) electrons. The number of pyridine rings is 1. The molecule has 1 fully saturated rings. The van der Waals surface area contributed by atoms with Crippen LogP contribution in [0.2, 0.25) is 0 Å². The molecule has 0 aliphatic carbocycles. The number of aromatic nitrogens is 1. The second-order valence-corrected chi connectivity index (χ2v) is 10.3. The first-order valence-electron chi connectivity index (χ1n) is 10.3. The van der Waals surface area contributed by atoms with Crippen LogP contribution < -0.4 is 4.72 Å². The third-order valence-corrected chi connectivity index (χ3v) is 6.49. The molecule has 2 aliphatic rings. The van der Waals surface area contributed by atoms with E-state index in [2.05, 4.69) is 10.1 Å². The van der Waals surface area contributed by atoms with E-state index in [0.29, 0.717) is 5.56 Å². The molecule has 1 aromatic heterocycles. The molecule has 35 heavy (non-hydrogen) atoms. The van der Waals surface area contributed by atoms with Crippen LogP contribution in [0.4, 0.5) is 26.3 Å². The van der Waals surface area contributed by atoms with E-state index in [-0.39, 0.29) is 11.4 Å². The second-order valence-electron chi connectivity index (χ2n) is 8.56. The Morgan fingerprint density at radius 3 is 2.49 bits per heavy atom. The molecule has 1 unspecified atom stereocenters. The molecule has 0 saturated carbocycles. The summed E-state index contributed by atoms with van der Waals surface area (Å²) in [6.45, 7) is -0.0116. The Bertz CT molecular complexity index is 1270. The van der Waals surface area contributed by atoms with Gasteiger partial charge in [0.1, 0.15) is 29.2 Å². The topological polar surface area (TPSA) is 83.9 Å². The van der Waals surface area contributed by atoms with Crippen molar-refractivity contribution in [2.45, 2.75) is 37.3 Å². The average Bonchev–Trinajstić information content (AvgIpc) is 3.29. The maximum absolute atomic E-state index is 14.6. The van der Waals surface area contributed by atoms with E-state index in [4.69, 9.17) is 4.84 Å². The molecule has 3 heterocycles. The molecular formula is C21H20F6N4O3S. The monoisotopic (exact) mass is 522 g/mol. The Morgan fingerprint density at radius 2 is 1.89 bits per heavy atom. The summed E-state index contributed by atoms with van der Waals surface area (Å²) in [7, 11) is -3.98. The van der Waals surface area contributed by atoms with E-state index in [1.165, 1.54) is 12.3 Å². The summed E-state index contributed by atoms with van der Waals surface area (Å²) in [5.74, 6) is -5.86. The number of amidine groups is 1. The molecule has 2 aliphatic heterocycles. The lowest BCUT2D eigenvalue weighted by Crippen LogP contribution is -2.46. The van der Waals surface area contributed by atoms with Crippen LogP contribution >= 0.6 is 0 Å². The van der Waals surface area contributed by atoms with Crippen LogP contribution in [0.1, 0.15) is 17.7 Å². The first kappa shape index (κ1) is 25.2. The third-order valence-electron chi connectivity index (χ3n) is 5.78. The van der Waals surface area contributed by atoms with E-state index >= 15 is 0 Å². The van der Waals surface area contributed by atoms with Gasteiger partial charge in [-0.1, -0.05) is 11.2 Å². The van der Waals surface area contributed by atoms with E-state index in [1.54, 1.807) is 6.92 Å². The SMILES string of the molecule is Cc1cnc(C2(C(F)F)CC(N3C[C@@H](NS(C)(=O)=O)C(F)(F)C3)=NO2)c(-c2c(F)cccc2F)c1. The molecule has 1 N–H and O–H groups in total. The van der Waals surface area contributed by atoms with Crippen molar-refractivity contribution in [3.05, 3.63) is 53.4 Å². The van der Waals surface area contributed by atoms with Gasteiger partial charge in [-0.25, -0.2) is 39.5 Å². The number of aryl methyl sites for hydroxylation is 1. The minimum Gasteiger partial charge on any atom is -0.374 e. The quantitative estimate of drug-likeness (QED) is 0.609. The van der Waals surface area contributed by atoms with Gasteiger partial charge < -0.3 is 9.74 Å². The lowest BCUT2D eigenvalue weighted by molar-refractivity contribution is -0.131. The van der Waals surface area contributed by atoms with Crippen LogP contribution in [0.25, 0.3) is 11.1 Å². The summed E-state index contributed by atoms with van der Waals surface area (Å²) >= 11 is 0. The zero-order valence-electron chi connectivity index (χ0n) is 18.4. The molecule has 4 rings (SSSR count). The second kappa shape index (κ2) is 8.66. The summed E-state index contributed by atoms with van der Waals surface area (Å²) in [6.07, 6.45) is -2.14. The van der Waals surface area contributed by atoms with Crippen molar-refractivity contribution in [1.82, 2.24) is 14.6 Å². The zero-order valence-corrected chi connectivity index (χ0v) is 19.2. The number of hydrogen-bond acceptors (Lipinski definition) is 6. The van der Waals surface area contributed by atoms with Gasteiger partial charge in [0, 0.05) is 18.3 Å². The molecule has 2 atom stereocenters. The zero-order chi connectivity index (χ0) is 25.8. The molecule has 0 amide bonds. The van der Waals surface area contributed by atoms with Crippen molar-refractivity contribution in [2.24, 2.45) is 5.16 Å². The minimum atomic E-state index is -3.98. The van der Waals surface area contributed by atoms with Gasteiger partial charge in [-0.15, -0.1) is 0 Å². The first-order valence-corrected chi connectivity index (χ1v) is 12.2. The Labute approximate surface area is 196 Å². The fourth-order valence-electron chi connectivity index (χ4n) is 4.16. The first-order chi connectivity index (χ1) is 16.2. The van der Waals surface area contributed by atoms with Crippen molar-refractivity contribution in [3.63, 3.8) is 0 Å². The number of alkyl halides is 4. The maximum atomic E-state index is 14.6. The highest BCUT2D eigenvalue weighted by Crippen LogP contribution is 2.45. The van der Waals surface area contributed by atoms with Gasteiger partial charge >= 0.3 is 0 Å². The lowest BCUT2D eigenvalue weighted by Gasteiger charge is -2.28. The van der Waals surface area contributed by atoms with Crippen LogP contribution in [0, 0.1) is 18.6 Å². The smallest absolute Gasteiger partial charge is 0.286 e. The van der Waals surface area contributed by atoms with Crippen molar-refractivity contribution < 1.29 is 39.6 Å². The fraction of sp³-hybridized carbons (Fsp3) is 0.429. The van der Waals surface area contributed by atoms with Gasteiger partial charge in [-0.3, -0.25) is 4.98 Å². The standard InChI is InChI=1S/C21H20F6N4O3S/c1-11-6-12(17-13(22)4-3-5-14(17)23)18(28-8-11)20(19(24)25)7-16(29-34-20)31-9-15(21(26,27)10-31)30-35(2,32)33/h3-6,8,15,19,30H,7,9-10H2,1-2H3/t15-,20?/m1/s1. The number of likely N-dealkylation sites (tertiary alicyclic amines) is 1. The van der Waals surface area contributed by atoms with Crippen molar-refractivity contribution in [3.8, 4) is 11.1 Å². The van der Waals surface area contributed by atoms with E-state index in [9.17, 15) is 34.8 Å². The number of nitrogens with zero attached hydrogens (tertiary/aromatic N) is 3. The maximum Gasteiger partial charge on any atom is 0.286 e. The normalized spacial score (nSPS) is 24.1. The van der Waals surface area contributed by atoms with Gasteiger partial charge in [0.15, 0.2) is 0 Å². The van der Waals surface area contributed by atoms with Crippen LogP contribution in [-0.4, -0.2) is 61.9 Å². The molecule has 2 aromatic rings. The molecule has 0 bridgehead atoms. The van der Waals surface area contributed by atoms with E-state index in [1.807, 2.05) is 4.72 Å². The Hall–Kier alpha value is -2.87. The van der Waals surface area contributed by atoms with Crippen molar-refractivity contribution in [1.29, 1.82) is 0 Å². The molecule has 1 saturated heterocycles. The number of rotatable bonds is 5. The largest absolute Gasteiger partial charge is 0.374 e. The Kier molecular flexibility index (Phi) is 6.24. The summed E-state index contributed by atoms with van der Waals surface area (Å²) in [4.78, 5) is 10.0. The van der Waals surface area contributed by atoms with E-state index < -0.39 is 76.4 Å². The third kappa shape index (κ3) is 4.68. The summed E-state index contributed by atoms with van der Waals surface area (Å²) in [5, 5.41) is 3.59. The molecule has 1 aromatic carbocycles. The summed E-state index contributed by atoms with van der Waals surface area (Å²) in [5.41, 5.74) is -3.60. The van der Waals surface area contributed by atoms with Gasteiger partial charge in [0.25, 0.3) is 12.3 Å². The summed E-state index contributed by atoms with van der Waals surface area (Å²) in [6, 6.07) is 2.48. The summed E-state index contributed by atoms with van der Waals surface area (Å²) < 4.78 is 112. The molecule has 14 heteroatoms. The van der Waals surface area contributed by atoms with E-state index in [0.717, 1.165) is 29.4 Å². The van der Waals surface area contributed by atoms with Gasteiger partial charge in [0.2, 0.25) is 15.6 Å². The predicted octanol–water partition coefficient (Wildman–Crippen LogP) is 3.40. The van der Waals surface area contributed by atoms with Crippen LogP contribution in [0.15, 0.2) is 35.6 Å². The molecular weight excluding hydrogens is 502 g/mol. The van der Waals surface area contributed by atoms with Crippen LogP contribution in [-0.2, 0) is 20.5 Å². The average molecular weight is 522 g/mol. The minimum absolute atomic E-state index is 0.291. The number of oxime groups is 1. The van der Waals surface area contributed by atoms with Crippen LogP contribution in [0.5, 0.6) is 0 Å². The fourth-order valence-corrected chi connectivity index (χ4v) is 4.93. The number of hydrogen-bond donors (Lipinski definition) is 1. The van der Waals surface area contributed by atoms with Gasteiger partial charge in [0.05, 0.1) is 24.8 Å².